The van der Waals surface area contributed by atoms with Crippen LogP contribution in [0.3, 0.4) is 0 Å². The van der Waals surface area contributed by atoms with Crippen molar-refractivity contribution < 1.29 is 13.9 Å². The molecule has 26 heavy (non-hydrogen) atoms. The molecule has 0 radical (unpaired) electrons. The molecule has 1 unspecified atom stereocenters. The first-order valence-corrected chi connectivity index (χ1v) is 10.5. The molecule has 2 nitrogen and oxygen atoms in total. The molecule has 0 aliphatic carbocycles. The zero-order valence-corrected chi connectivity index (χ0v) is 17.4. The van der Waals surface area contributed by atoms with E-state index in [0.717, 1.165) is 37.7 Å². The number of ether oxygens (including phenoxy) is 2. The first-order chi connectivity index (χ1) is 12.6. The largest absolute Gasteiger partial charge is 0.353 e. The monoisotopic (exact) mass is 366 g/mol. The van der Waals surface area contributed by atoms with E-state index in [0.29, 0.717) is 5.92 Å². The zero-order chi connectivity index (χ0) is 19.3. The summed E-state index contributed by atoms with van der Waals surface area (Å²) in [5.41, 5.74) is 1.07. The van der Waals surface area contributed by atoms with Crippen LogP contribution in [-0.4, -0.2) is 20.0 Å². The van der Waals surface area contributed by atoms with Gasteiger partial charge in [0.15, 0.2) is 5.79 Å². The van der Waals surface area contributed by atoms with Gasteiger partial charge in [-0.15, -0.1) is 0 Å². The van der Waals surface area contributed by atoms with Crippen LogP contribution in [-0.2, 0) is 15.9 Å². The highest BCUT2D eigenvalue weighted by molar-refractivity contribution is 5.16. The molecule has 0 heterocycles. The zero-order valence-electron chi connectivity index (χ0n) is 17.4. The van der Waals surface area contributed by atoms with Gasteiger partial charge in [-0.05, 0) is 49.8 Å². The van der Waals surface area contributed by atoms with Crippen molar-refractivity contribution in [2.45, 2.75) is 90.3 Å². The van der Waals surface area contributed by atoms with Gasteiger partial charge >= 0.3 is 0 Å². The van der Waals surface area contributed by atoms with E-state index in [9.17, 15) is 4.39 Å². The van der Waals surface area contributed by atoms with Crippen molar-refractivity contribution in [2.24, 2.45) is 5.92 Å². The minimum atomic E-state index is -0.495. The van der Waals surface area contributed by atoms with Gasteiger partial charge in [-0.3, -0.25) is 0 Å². The summed E-state index contributed by atoms with van der Waals surface area (Å²) in [5.74, 6) is -0.268. The van der Waals surface area contributed by atoms with Crippen molar-refractivity contribution in [3.63, 3.8) is 0 Å². The summed E-state index contributed by atoms with van der Waals surface area (Å²) >= 11 is 0. The van der Waals surface area contributed by atoms with Crippen LogP contribution < -0.4 is 0 Å². The third-order valence-electron chi connectivity index (χ3n) is 5.62. The second-order valence-corrected chi connectivity index (χ2v) is 7.35. The van der Waals surface area contributed by atoms with Gasteiger partial charge in [0, 0.05) is 20.1 Å². The fourth-order valence-corrected chi connectivity index (χ4v) is 3.99. The number of hydrogen-bond acceptors (Lipinski definition) is 2. The lowest BCUT2D eigenvalue weighted by Crippen LogP contribution is -2.41. The molecule has 3 heteroatoms. The lowest BCUT2D eigenvalue weighted by molar-refractivity contribution is -0.244. The summed E-state index contributed by atoms with van der Waals surface area (Å²) < 4.78 is 25.0. The van der Waals surface area contributed by atoms with E-state index in [2.05, 4.69) is 13.8 Å². The summed E-state index contributed by atoms with van der Waals surface area (Å²) in [5, 5.41) is 0. The molecule has 0 saturated heterocycles. The van der Waals surface area contributed by atoms with Gasteiger partial charge in [-0.1, -0.05) is 64.5 Å². The van der Waals surface area contributed by atoms with Crippen LogP contribution in [0, 0.1) is 11.7 Å². The van der Waals surface area contributed by atoms with Crippen molar-refractivity contribution in [1.82, 2.24) is 0 Å². The molecule has 0 saturated carbocycles. The quantitative estimate of drug-likeness (QED) is 0.248. The molecule has 0 bridgehead atoms. The fraction of sp³-hybridized carbons (Fsp3) is 0.739. The Kier molecular flexibility index (Phi) is 11.8. The molecule has 0 aliphatic rings. The summed E-state index contributed by atoms with van der Waals surface area (Å²) in [6.07, 6.45) is 12.7. The van der Waals surface area contributed by atoms with Gasteiger partial charge in [0.1, 0.15) is 5.82 Å². The molecular formula is C23H39FO2. The standard InChI is InChI=1S/C23H39FO2/c1-5-7-8-9-10-11-16-21(23(6-2,25-3)26-4)17-12-14-20-15-13-18-22(24)19-20/h13,15,18-19,21H,5-12,14,16-17H2,1-4H3. The molecule has 1 atom stereocenters. The molecule has 1 rings (SSSR count). The van der Waals surface area contributed by atoms with Gasteiger partial charge in [-0.25, -0.2) is 4.39 Å². The summed E-state index contributed by atoms with van der Waals surface area (Å²) in [4.78, 5) is 0. The van der Waals surface area contributed by atoms with Gasteiger partial charge in [0.2, 0.25) is 0 Å². The third-order valence-corrected chi connectivity index (χ3v) is 5.62. The number of benzene rings is 1. The Morgan fingerprint density at radius 1 is 0.923 bits per heavy atom. The second kappa shape index (κ2) is 13.3. The Bertz CT molecular complexity index is 463. The Morgan fingerprint density at radius 2 is 1.58 bits per heavy atom. The lowest BCUT2D eigenvalue weighted by atomic mass is 9.85. The van der Waals surface area contributed by atoms with E-state index in [1.54, 1.807) is 26.4 Å². The van der Waals surface area contributed by atoms with Crippen molar-refractivity contribution >= 4 is 0 Å². The average Bonchev–Trinajstić information content (AvgIpc) is 2.66. The SMILES string of the molecule is CCCCCCCCC(CCCc1cccc(F)c1)C(CC)(OC)OC. The van der Waals surface area contributed by atoms with Crippen LogP contribution in [0.25, 0.3) is 0 Å². The molecule has 1 aromatic rings. The molecular weight excluding hydrogens is 327 g/mol. The molecule has 0 N–H and O–H groups in total. The molecule has 150 valence electrons. The maximum absolute atomic E-state index is 13.4. The number of aryl methyl sites for hydroxylation is 1. The Labute approximate surface area is 160 Å². The van der Waals surface area contributed by atoms with Crippen molar-refractivity contribution in [3.8, 4) is 0 Å². The van der Waals surface area contributed by atoms with Gasteiger partial charge in [-0.2, -0.15) is 0 Å². The second-order valence-electron chi connectivity index (χ2n) is 7.35. The van der Waals surface area contributed by atoms with E-state index in [4.69, 9.17) is 9.47 Å². The highest BCUT2D eigenvalue weighted by Gasteiger charge is 2.36. The minimum absolute atomic E-state index is 0.150. The van der Waals surface area contributed by atoms with Gasteiger partial charge < -0.3 is 9.47 Å². The molecule has 0 amide bonds. The smallest absolute Gasteiger partial charge is 0.170 e. The molecule has 0 fully saturated rings. The van der Waals surface area contributed by atoms with Gasteiger partial charge in [0.25, 0.3) is 0 Å². The van der Waals surface area contributed by atoms with Crippen molar-refractivity contribution in [2.75, 3.05) is 14.2 Å². The molecule has 0 spiro atoms. The third kappa shape index (κ3) is 7.75. The Hall–Kier alpha value is -0.930. The normalized spacial score (nSPS) is 13.1. The van der Waals surface area contributed by atoms with Crippen molar-refractivity contribution in [3.05, 3.63) is 35.6 Å². The number of halogens is 1. The van der Waals surface area contributed by atoms with E-state index in [-0.39, 0.29) is 5.82 Å². The maximum Gasteiger partial charge on any atom is 0.170 e. The average molecular weight is 367 g/mol. The topological polar surface area (TPSA) is 18.5 Å². The van der Waals surface area contributed by atoms with Crippen LogP contribution >= 0.6 is 0 Å². The van der Waals surface area contributed by atoms with Crippen LogP contribution in [0.5, 0.6) is 0 Å². The van der Waals surface area contributed by atoms with Crippen LogP contribution in [0.15, 0.2) is 24.3 Å². The predicted molar refractivity (Wildman–Crippen MR) is 108 cm³/mol. The number of unbranched alkanes of at least 4 members (excludes halogenated alkanes) is 5. The molecule has 0 aromatic heterocycles. The lowest BCUT2D eigenvalue weighted by Gasteiger charge is -2.38. The van der Waals surface area contributed by atoms with E-state index in [1.165, 1.54) is 44.6 Å². The Morgan fingerprint density at radius 3 is 2.19 bits per heavy atom. The Balaban J connectivity index is 2.56. The first kappa shape index (κ1) is 23.1. The summed E-state index contributed by atoms with van der Waals surface area (Å²) in [6, 6.07) is 6.94. The van der Waals surface area contributed by atoms with E-state index in [1.807, 2.05) is 6.07 Å². The summed E-state index contributed by atoms with van der Waals surface area (Å²) in [7, 11) is 3.52. The predicted octanol–water partition coefficient (Wildman–Crippen LogP) is 6.91. The maximum atomic E-state index is 13.4. The van der Waals surface area contributed by atoms with E-state index >= 15 is 0 Å². The molecule has 0 aliphatic heterocycles. The highest BCUT2D eigenvalue weighted by Crippen LogP contribution is 2.34. The van der Waals surface area contributed by atoms with E-state index < -0.39 is 5.79 Å². The summed E-state index contributed by atoms with van der Waals surface area (Å²) in [6.45, 7) is 4.38. The number of rotatable bonds is 15. The van der Waals surface area contributed by atoms with Crippen LogP contribution in [0.2, 0.25) is 0 Å². The number of methoxy groups -OCH3 is 2. The fourth-order valence-electron chi connectivity index (χ4n) is 3.99. The number of hydrogen-bond donors (Lipinski definition) is 0. The first-order valence-electron chi connectivity index (χ1n) is 10.5. The van der Waals surface area contributed by atoms with Crippen molar-refractivity contribution in [1.29, 1.82) is 0 Å². The van der Waals surface area contributed by atoms with Gasteiger partial charge in [0.05, 0.1) is 0 Å². The minimum Gasteiger partial charge on any atom is -0.353 e. The molecule has 1 aromatic carbocycles. The van der Waals surface area contributed by atoms with Crippen LogP contribution in [0.4, 0.5) is 4.39 Å². The van der Waals surface area contributed by atoms with Crippen LogP contribution in [0.1, 0.15) is 83.6 Å². The highest BCUT2D eigenvalue weighted by atomic mass is 19.1.